The van der Waals surface area contributed by atoms with Crippen molar-refractivity contribution in [3.63, 3.8) is 0 Å². The van der Waals surface area contributed by atoms with E-state index in [-0.39, 0.29) is 4.90 Å². The van der Waals surface area contributed by atoms with Gasteiger partial charge in [-0.2, -0.15) is 0 Å². The summed E-state index contributed by atoms with van der Waals surface area (Å²) in [6.45, 7) is 0. The minimum atomic E-state index is -3.46. The van der Waals surface area contributed by atoms with E-state index in [2.05, 4.69) is 10.3 Å². The summed E-state index contributed by atoms with van der Waals surface area (Å²) in [5, 5.41) is 5.45. The van der Waals surface area contributed by atoms with Gasteiger partial charge in [0.2, 0.25) is 10.0 Å². The molecule has 0 fully saturated rings. The third-order valence-electron chi connectivity index (χ3n) is 3.57. The number of hydrogen-bond acceptors (Lipinski definition) is 4. The van der Waals surface area contributed by atoms with Crippen molar-refractivity contribution in [2.45, 2.75) is 4.90 Å². The van der Waals surface area contributed by atoms with Crippen molar-refractivity contribution in [3.8, 4) is 0 Å². The zero-order valence-electron chi connectivity index (χ0n) is 12.9. The molecule has 1 heterocycles. The summed E-state index contributed by atoms with van der Waals surface area (Å²) in [4.78, 5) is 4.38. The molecule has 0 spiro atoms. The molecule has 1 aromatic heterocycles. The first kappa shape index (κ1) is 15.5. The van der Waals surface area contributed by atoms with Gasteiger partial charge in [-0.15, -0.1) is 0 Å². The zero-order chi connectivity index (χ0) is 16.4. The second kappa shape index (κ2) is 5.98. The second-order valence-electron chi connectivity index (χ2n) is 5.32. The average Bonchev–Trinajstić information content (AvgIpc) is 2.55. The van der Waals surface area contributed by atoms with Crippen molar-refractivity contribution < 1.29 is 8.42 Å². The van der Waals surface area contributed by atoms with Crippen LogP contribution in [0.4, 0.5) is 11.5 Å². The highest BCUT2D eigenvalue weighted by atomic mass is 32.2. The van der Waals surface area contributed by atoms with E-state index < -0.39 is 10.0 Å². The van der Waals surface area contributed by atoms with Crippen molar-refractivity contribution in [1.82, 2.24) is 9.29 Å². The van der Waals surface area contributed by atoms with Crippen LogP contribution in [0.15, 0.2) is 65.7 Å². The lowest BCUT2D eigenvalue weighted by Gasteiger charge is -2.12. The molecule has 0 atom stereocenters. The summed E-state index contributed by atoms with van der Waals surface area (Å²) in [5.41, 5.74) is 0.929. The van der Waals surface area contributed by atoms with Crippen LogP contribution >= 0.6 is 0 Å². The summed E-state index contributed by atoms with van der Waals surface area (Å²) in [7, 11) is -0.463. The van der Waals surface area contributed by atoms with Crippen LogP contribution in [0.25, 0.3) is 10.8 Å². The number of rotatable bonds is 4. The maximum Gasteiger partial charge on any atom is 0.244 e. The molecule has 0 aliphatic rings. The van der Waals surface area contributed by atoms with Gasteiger partial charge in [-0.05, 0) is 23.6 Å². The molecule has 1 N–H and O–H groups in total. The first-order valence-corrected chi connectivity index (χ1v) is 8.56. The van der Waals surface area contributed by atoms with Crippen molar-refractivity contribution in [3.05, 3.63) is 60.8 Å². The molecule has 0 saturated carbocycles. The Kier molecular flexibility index (Phi) is 4.02. The van der Waals surface area contributed by atoms with Gasteiger partial charge >= 0.3 is 0 Å². The fourth-order valence-electron chi connectivity index (χ4n) is 2.29. The summed E-state index contributed by atoms with van der Waals surface area (Å²) >= 11 is 0. The molecule has 6 heteroatoms. The fourth-order valence-corrected chi connectivity index (χ4v) is 3.14. The number of sulfonamides is 1. The van der Waals surface area contributed by atoms with Crippen LogP contribution in [0.3, 0.4) is 0 Å². The Morgan fingerprint density at radius 3 is 2.39 bits per heavy atom. The molecule has 2 aromatic carbocycles. The SMILES string of the molecule is CN(C)S(=O)(=O)c1ccc(Nc2cccc3ccccc23)nc1. The van der Waals surface area contributed by atoms with Gasteiger partial charge in [0.25, 0.3) is 0 Å². The second-order valence-corrected chi connectivity index (χ2v) is 7.47. The quantitative estimate of drug-likeness (QED) is 0.799. The van der Waals surface area contributed by atoms with Crippen molar-refractivity contribution in [1.29, 1.82) is 0 Å². The first-order chi connectivity index (χ1) is 11.0. The third-order valence-corrected chi connectivity index (χ3v) is 5.37. The van der Waals surface area contributed by atoms with Crippen molar-refractivity contribution >= 4 is 32.3 Å². The maximum absolute atomic E-state index is 12.0. The molecular formula is C17H17N3O2S. The van der Waals surface area contributed by atoms with Gasteiger partial charge in [-0.1, -0.05) is 36.4 Å². The molecule has 3 aromatic rings. The molecule has 0 saturated heterocycles. The van der Waals surface area contributed by atoms with Crippen LogP contribution < -0.4 is 5.32 Å². The van der Waals surface area contributed by atoms with Gasteiger partial charge in [0, 0.05) is 31.4 Å². The Hall–Kier alpha value is -2.44. The molecule has 5 nitrogen and oxygen atoms in total. The summed E-state index contributed by atoms with van der Waals surface area (Å²) in [6, 6.07) is 17.2. The van der Waals surface area contributed by atoms with Gasteiger partial charge < -0.3 is 5.32 Å². The average molecular weight is 327 g/mol. The monoisotopic (exact) mass is 327 g/mol. The van der Waals surface area contributed by atoms with Crippen LogP contribution in [-0.2, 0) is 10.0 Å². The lowest BCUT2D eigenvalue weighted by molar-refractivity contribution is 0.520. The predicted molar refractivity (Wildman–Crippen MR) is 92.3 cm³/mol. The van der Waals surface area contributed by atoms with Gasteiger partial charge in [-0.3, -0.25) is 0 Å². The van der Waals surface area contributed by atoms with Crippen LogP contribution in [-0.4, -0.2) is 31.8 Å². The highest BCUT2D eigenvalue weighted by molar-refractivity contribution is 7.89. The Balaban J connectivity index is 1.92. The van der Waals surface area contributed by atoms with Crippen LogP contribution in [0, 0.1) is 0 Å². The summed E-state index contributed by atoms with van der Waals surface area (Å²) in [5.74, 6) is 0.596. The van der Waals surface area contributed by atoms with E-state index in [0.29, 0.717) is 5.82 Å². The third kappa shape index (κ3) is 3.04. The first-order valence-electron chi connectivity index (χ1n) is 7.12. The van der Waals surface area contributed by atoms with E-state index in [0.717, 1.165) is 16.5 Å². The minimum absolute atomic E-state index is 0.172. The molecule has 0 aliphatic heterocycles. The minimum Gasteiger partial charge on any atom is -0.340 e. The Labute approximate surface area is 135 Å². The van der Waals surface area contributed by atoms with E-state index in [1.807, 2.05) is 42.5 Å². The number of benzene rings is 2. The van der Waals surface area contributed by atoms with Gasteiger partial charge in [0.05, 0.1) is 0 Å². The molecule has 0 amide bonds. The van der Waals surface area contributed by atoms with Crippen LogP contribution in [0.2, 0.25) is 0 Å². The molecule has 0 aliphatic carbocycles. The zero-order valence-corrected chi connectivity index (χ0v) is 13.7. The molecule has 118 valence electrons. The smallest absolute Gasteiger partial charge is 0.244 e. The number of nitrogens with zero attached hydrogens (tertiary/aromatic N) is 2. The number of anilines is 2. The standard InChI is InChI=1S/C17H17N3O2S/c1-20(2)23(21,22)14-10-11-17(18-12-14)19-16-9-5-7-13-6-3-4-8-15(13)16/h3-12H,1-2H3,(H,18,19). The number of aromatic nitrogens is 1. The van der Waals surface area contributed by atoms with E-state index in [1.165, 1.54) is 24.6 Å². The van der Waals surface area contributed by atoms with Crippen molar-refractivity contribution in [2.75, 3.05) is 19.4 Å². The normalized spacial score (nSPS) is 11.8. The highest BCUT2D eigenvalue weighted by Gasteiger charge is 2.17. The number of pyridine rings is 1. The van der Waals surface area contributed by atoms with Crippen LogP contribution in [0.5, 0.6) is 0 Å². The van der Waals surface area contributed by atoms with E-state index in [9.17, 15) is 8.42 Å². The highest BCUT2D eigenvalue weighted by Crippen LogP contribution is 2.26. The Bertz CT molecular complexity index is 930. The molecule has 0 unspecified atom stereocenters. The molecule has 0 bridgehead atoms. The summed E-state index contributed by atoms with van der Waals surface area (Å²) < 4.78 is 25.3. The Morgan fingerprint density at radius 2 is 1.70 bits per heavy atom. The van der Waals surface area contributed by atoms with E-state index >= 15 is 0 Å². The van der Waals surface area contributed by atoms with Crippen LogP contribution in [0.1, 0.15) is 0 Å². The number of nitrogens with one attached hydrogen (secondary N) is 1. The lowest BCUT2D eigenvalue weighted by atomic mass is 10.1. The van der Waals surface area contributed by atoms with Gasteiger partial charge in [0.15, 0.2) is 0 Å². The maximum atomic E-state index is 12.0. The Morgan fingerprint density at radius 1 is 0.957 bits per heavy atom. The molecular weight excluding hydrogens is 310 g/mol. The van der Waals surface area contributed by atoms with Gasteiger partial charge in [-0.25, -0.2) is 17.7 Å². The van der Waals surface area contributed by atoms with E-state index in [4.69, 9.17) is 0 Å². The van der Waals surface area contributed by atoms with E-state index in [1.54, 1.807) is 12.1 Å². The van der Waals surface area contributed by atoms with Gasteiger partial charge in [0.1, 0.15) is 10.7 Å². The fraction of sp³-hybridized carbons (Fsp3) is 0.118. The molecule has 0 radical (unpaired) electrons. The topological polar surface area (TPSA) is 62.3 Å². The predicted octanol–water partition coefficient (Wildman–Crippen LogP) is 3.23. The molecule has 23 heavy (non-hydrogen) atoms. The molecule has 3 rings (SSSR count). The lowest BCUT2D eigenvalue weighted by Crippen LogP contribution is -2.22. The van der Waals surface area contributed by atoms with Crippen molar-refractivity contribution in [2.24, 2.45) is 0 Å². The summed E-state index contributed by atoms with van der Waals surface area (Å²) in [6.07, 6.45) is 1.36. The number of fused-ring (bicyclic) bond motifs is 1. The number of hydrogen-bond donors (Lipinski definition) is 1. The largest absolute Gasteiger partial charge is 0.340 e.